The second kappa shape index (κ2) is 8.96. The number of amides is 1. The highest BCUT2D eigenvalue weighted by Gasteiger charge is 2.32. The number of pyridine rings is 1. The number of anilines is 2. The Morgan fingerprint density at radius 1 is 1.03 bits per heavy atom. The third-order valence-corrected chi connectivity index (χ3v) is 7.07. The molecule has 2 saturated heterocycles. The molecule has 0 radical (unpaired) electrons. The highest BCUT2D eigenvalue weighted by Crippen LogP contribution is 2.38. The molecule has 2 aliphatic rings. The number of nitriles is 1. The zero-order valence-corrected chi connectivity index (χ0v) is 20.1. The topological polar surface area (TPSA) is 94.2 Å². The molecule has 4 aromatic rings. The number of rotatable bonds is 4. The van der Waals surface area contributed by atoms with Gasteiger partial charge in [0.15, 0.2) is 5.65 Å². The molecule has 0 N–H and O–H groups in total. The maximum absolute atomic E-state index is 13.1. The van der Waals surface area contributed by atoms with Gasteiger partial charge in [-0.15, -0.1) is 0 Å². The predicted octanol–water partition coefficient (Wildman–Crippen LogP) is 3.25. The van der Waals surface area contributed by atoms with Gasteiger partial charge in [-0.3, -0.25) is 9.36 Å². The van der Waals surface area contributed by atoms with Gasteiger partial charge in [-0.25, -0.2) is 15.0 Å². The third kappa shape index (κ3) is 3.71. The molecule has 2 aliphatic heterocycles. The Bertz CT molecular complexity index is 1470. The zero-order valence-electron chi connectivity index (χ0n) is 20.1. The van der Waals surface area contributed by atoms with Crippen molar-refractivity contribution in [3.05, 3.63) is 72.3 Å². The summed E-state index contributed by atoms with van der Waals surface area (Å²) in [4.78, 5) is 33.5. The van der Waals surface area contributed by atoms with Crippen molar-refractivity contribution in [3.8, 4) is 11.9 Å². The van der Waals surface area contributed by atoms with Gasteiger partial charge in [0.2, 0.25) is 0 Å². The average Bonchev–Trinajstić information content (AvgIpc) is 3.27. The van der Waals surface area contributed by atoms with Crippen molar-refractivity contribution in [1.29, 1.82) is 5.26 Å². The Hall–Kier alpha value is -4.45. The first-order valence-corrected chi connectivity index (χ1v) is 12.2. The number of carbonyl (C=O) groups is 1. The van der Waals surface area contributed by atoms with Crippen molar-refractivity contribution >= 4 is 28.4 Å². The van der Waals surface area contributed by atoms with Crippen LogP contribution in [0, 0.1) is 11.3 Å². The molecule has 5 heterocycles. The fourth-order valence-corrected chi connectivity index (χ4v) is 5.06. The Morgan fingerprint density at radius 2 is 1.86 bits per heavy atom. The largest absolute Gasteiger partial charge is 0.369 e. The molecule has 0 saturated carbocycles. The highest BCUT2D eigenvalue weighted by molar-refractivity contribution is 6.01. The van der Waals surface area contributed by atoms with E-state index in [-0.39, 0.29) is 11.9 Å². The Kier molecular flexibility index (Phi) is 5.49. The standard InChI is InChI=1S/C27H26N8O/c1-19-16-33(12-13-34(19)27(36)21-6-3-2-4-7-21)25-24-22(32-10-5-11-32)17-35(26(24)31-18-30-25)23-14-20(15-28)8-9-29-23/h2-4,6-9,14,17-19H,5,10-13,16H2,1H3/t19-/m1/s1. The summed E-state index contributed by atoms with van der Waals surface area (Å²) in [7, 11) is 0. The van der Waals surface area contributed by atoms with E-state index in [9.17, 15) is 10.1 Å². The first kappa shape index (κ1) is 22.0. The molecular formula is C27H26N8O. The molecule has 1 amide bonds. The molecule has 180 valence electrons. The van der Waals surface area contributed by atoms with Gasteiger partial charge in [0.1, 0.15) is 18.0 Å². The molecule has 9 nitrogen and oxygen atoms in total. The molecule has 6 rings (SSSR count). The van der Waals surface area contributed by atoms with Crippen molar-refractivity contribution in [2.45, 2.75) is 19.4 Å². The van der Waals surface area contributed by atoms with Crippen LogP contribution < -0.4 is 9.80 Å². The van der Waals surface area contributed by atoms with Gasteiger partial charge in [-0.1, -0.05) is 18.2 Å². The Morgan fingerprint density at radius 3 is 2.58 bits per heavy atom. The lowest BCUT2D eigenvalue weighted by molar-refractivity contribution is 0.0674. The van der Waals surface area contributed by atoms with Crippen LogP contribution in [0.25, 0.3) is 16.9 Å². The number of hydrogen-bond donors (Lipinski definition) is 0. The Labute approximate surface area is 209 Å². The number of hydrogen-bond acceptors (Lipinski definition) is 7. The molecule has 0 spiro atoms. The van der Waals surface area contributed by atoms with Gasteiger partial charge in [0, 0.05) is 56.7 Å². The number of nitrogens with zero attached hydrogens (tertiary/aromatic N) is 8. The van der Waals surface area contributed by atoms with E-state index in [1.54, 1.807) is 24.7 Å². The summed E-state index contributed by atoms with van der Waals surface area (Å²) < 4.78 is 1.95. The normalized spacial score (nSPS) is 17.7. The molecule has 36 heavy (non-hydrogen) atoms. The number of fused-ring (bicyclic) bond motifs is 1. The third-order valence-electron chi connectivity index (χ3n) is 7.07. The summed E-state index contributed by atoms with van der Waals surface area (Å²) in [5.41, 5.74) is 3.10. The van der Waals surface area contributed by atoms with E-state index in [2.05, 4.69) is 39.0 Å². The first-order chi connectivity index (χ1) is 17.6. The second-order valence-electron chi connectivity index (χ2n) is 9.29. The average molecular weight is 479 g/mol. The minimum absolute atomic E-state index is 0.0278. The molecule has 0 aliphatic carbocycles. The molecular weight excluding hydrogens is 452 g/mol. The van der Waals surface area contributed by atoms with Crippen LogP contribution in [0.5, 0.6) is 0 Å². The van der Waals surface area contributed by atoms with Crippen LogP contribution in [0.15, 0.2) is 61.2 Å². The van der Waals surface area contributed by atoms with Crippen molar-refractivity contribution in [2.75, 3.05) is 42.5 Å². The molecule has 1 atom stereocenters. The van der Waals surface area contributed by atoms with Crippen LogP contribution in [0.1, 0.15) is 29.3 Å². The van der Waals surface area contributed by atoms with Crippen LogP contribution in [-0.2, 0) is 0 Å². The van der Waals surface area contributed by atoms with Crippen molar-refractivity contribution in [3.63, 3.8) is 0 Å². The van der Waals surface area contributed by atoms with E-state index >= 15 is 0 Å². The van der Waals surface area contributed by atoms with E-state index in [0.717, 1.165) is 42.0 Å². The maximum atomic E-state index is 13.1. The van der Waals surface area contributed by atoms with Crippen molar-refractivity contribution < 1.29 is 4.79 Å². The minimum Gasteiger partial charge on any atom is -0.369 e. The fourth-order valence-electron chi connectivity index (χ4n) is 5.06. The zero-order chi connectivity index (χ0) is 24.6. The van der Waals surface area contributed by atoms with Gasteiger partial charge < -0.3 is 14.7 Å². The maximum Gasteiger partial charge on any atom is 0.254 e. The highest BCUT2D eigenvalue weighted by atomic mass is 16.2. The van der Waals surface area contributed by atoms with Gasteiger partial charge in [-0.2, -0.15) is 5.26 Å². The molecule has 9 heteroatoms. The lowest BCUT2D eigenvalue weighted by Crippen LogP contribution is -2.54. The Balaban J connectivity index is 1.37. The molecule has 3 aromatic heterocycles. The smallest absolute Gasteiger partial charge is 0.254 e. The van der Waals surface area contributed by atoms with E-state index in [1.165, 1.54) is 0 Å². The van der Waals surface area contributed by atoms with E-state index < -0.39 is 0 Å². The van der Waals surface area contributed by atoms with Crippen LogP contribution in [0.2, 0.25) is 0 Å². The summed E-state index contributed by atoms with van der Waals surface area (Å²) in [5.74, 6) is 1.59. The van der Waals surface area contributed by atoms with Crippen LogP contribution in [-0.4, -0.2) is 69.1 Å². The number of carbonyl (C=O) groups excluding carboxylic acids is 1. The number of piperazine rings is 1. The van der Waals surface area contributed by atoms with Crippen LogP contribution in [0.4, 0.5) is 11.5 Å². The van der Waals surface area contributed by atoms with E-state index in [1.807, 2.05) is 39.8 Å². The molecule has 0 bridgehead atoms. The van der Waals surface area contributed by atoms with Crippen molar-refractivity contribution in [1.82, 2.24) is 24.4 Å². The van der Waals surface area contributed by atoms with Crippen LogP contribution >= 0.6 is 0 Å². The van der Waals surface area contributed by atoms with E-state index in [4.69, 9.17) is 4.98 Å². The van der Waals surface area contributed by atoms with E-state index in [0.29, 0.717) is 36.6 Å². The monoisotopic (exact) mass is 478 g/mol. The van der Waals surface area contributed by atoms with Gasteiger partial charge in [0.05, 0.1) is 22.7 Å². The summed E-state index contributed by atoms with van der Waals surface area (Å²) in [5, 5.41) is 10.4. The molecule has 2 fully saturated rings. The van der Waals surface area contributed by atoms with Gasteiger partial charge in [-0.05, 0) is 37.6 Å². The fraction of sp³-hybridized carbons (Fsp3) is 0.296. The first-order valence-electron chi connectivity index (χ1n) is 12.2. The number of benzene rings is 1. The number of aromatic nitrogens is 4. The molecule has 1 aromatic carbocycles. The summed E-state index contributed by atoms with van der Waals surface area (Å²) in [6, 6.07) is 15.1. The van der Waals surface area contributed by atoms with Crippen LogP contribution in [0.3, 0.4) is 0 Å². The lowest BCUT2D eigenvalue weighted by Gasteiger charge is -2.41. The SMILES string of the molecule is C[C@@H]1CN(c2ncnc3c2c(N2CCC2)cn3-c2cc(C#N)ccn2)CCN1C(=O)c1ccccc1. The second-order valence-corrected chi connectivity index (χ2v) is 9.29. The van der Waals surface area contributed by atoms with Gasteiger partial charge >= 0.3 is 0 Å². The quantitative estimate of drug-likeness (QED) is 0.444. The summed E-state index contributed by atoms with van der Waals surface area (Å²) in [6.07, 6.45) is 6.45. The minimum atomic E-state index is 0.0278. The van der Waals surface area contributed by atoms with Gasteiger partial charge in [0.25, 0.3) is 5.91 Å². The summed E-state index contributed by atoms with van der Waals surface area (Å²) in [6.45, 7) is 6.03. The summed E-state index contributed by atoms with van der Waals surface area (Å²) >= 11 is 0. The predicted molar refractivity (Wildman–Crippen MR) is 137 cm³/mol. The lowest BCUT2D eigenvalue weighted by atomic mass is 10.1. The van der Waals surface area contributed by atoms with Crippen molar-refractivity contribution in [2.24, 2.45) is 0 Å². The molecule has 0 unspecified atom stereocenters.